The van der Waals surface area contributed by atoms with Crippen molar-refractivity contribution in [2.75, 3.05) is 17.2 Å². The highest BCUT2D eigenvalue weighted by Gasteiger charge is 2.36. The molecule has 3 aromatic carbocycles. The van der Waals surface area contributed by atoms with Gasteiger partial charge in [-0.3, -0.25) is 19.3 Å². The van der Waals surface area contributed by atoms with Gasteiger partial charge in [-0.15, -0.1) is 0 Å². The molecule has 1 aromatic heterocycles. The predicted molar refractivity (Wildman–Crippen MR) is 171 cm³/mol. The predicted octanol–water partition coefficient (Wildman–Crippen LogP) is 5.98. The second-order valence-corrected chi connectivity index (χ2v) is 11.8. The Morgan fingerprint density at radius 3 is 2.34 bits per heavy atom. The monoisotopic (exact) mass is 613 g/mol. The van der Waals surface area contributed by atoms with E-state index in [1.54, 1.807) is 12.1 Å². The molecule has 0 saturated heterocycles. The fraction of sp³-hybridized carbons (Fsp3) is 0.294. The molecule has 44 heavy (non-hydrogen) atoms. The number of nitrogens with one attached hydrogen (secondary N) is 2. The van der Waals surface area contributed by atoms with E-state index in [1.807, 2.05) is 49.4 Å². The van der Waals surface area contributed by atoms with Crippen LogP contribution < -0.4 is 21.3 Å². The Bertz CT molecular complexity index is 1590. The Hall–Kier alpha value is -4.57. The van der Waals surface area contributed by atoms with Crippen LogP contribution in [-0.4, -0.2) is 34.7 Å². The van der Waals surface area contributed by atoms with Crippen molar-refractivity contribution in [3.05, 3.63) is 112 Å². The molecule has 1 aliphatic rings. The van der Waals surface area contributed by atoms with Crippen LogP contribution in [0, 0.1) is 12.7 Å². The summed E-state index contributed by atoms with van der Waals surface area (Å²) in [5.41, 5.74) is 9.25. The molecule has 1 heterocycles. The highest BCUT2D eigenvalue weighted by atomic mass is 32.1. The van der Waals surface area contributed by atoms with Crippen molar-refractivity contribution in [1.82, 2.24) is 15.0 Å². The highest BCUT2D eigenvalue weighted by molar-refractivity contribution is 7.09. The van der Waals surface area contributed by atoms with Crippen molar-refractivity contribution in [2.45, 2.75) is 57.5 Å². The van der Waals surface area contributed by atoms with Gasteiger partial charge < -0.3 is 16.4 Å². The number of benzene rings is 3. The van der Waals surface area contributed by atoms with Gasteiger partial charge in [0.2, 0.25) is 5.91 Å². The van der Waals surface area contributed by atoms with Gasteiger partial charge in [0, 0.05) is 18.3 Å². The van der Waals surface area contributed by atoms with Crippen molar-refractivity contribution in [3.63, 3.8) is 0 Å². The molecule has 10 heteroatoms. The van der Waals surface area contributed by atoms with Gasteiger partial charge in [-0.05, 0) is 73.1 Å². The van der Waals surface area contributed by atoms with Crippen molar-refractivity contribution in [2.24, 2.45) is 0 Å². The number of halogens is 1. The van der Waals surface area contributed by atoms with E-state index in [0.29, 0.717) is 24.2 Å². The summed E-state index contributed by atoms with van der Waals surface area (Å²) in [5.74, 6) is -1.92. The molecule has 0 radical (unpaired) electrons. The molecule has 3 amide bonds. The van der Waals surface area contributed by atoms with Gasteiger partial charge in [-0.2, -0.15) is 4.37 Å². The van der Waals surface area contributed by atoms with E-state index in [-0.39, 0.29) is 22.3 Å². The molecule has 1 unspecified atom stereocenters. The van der Waals surface area contributed by atoms with E-state index < -0.39 is 29.6 Å². The molecule has 0 spiro atoms. The molecule has 0 bridgehead atoms. The molecule has 1 atom stereocenters. The number of nitrogen functional groups attached to an aromatic ring is 1. The molecule has 0 aliphatic heterocycles. The third kappa shape index (κ3) is 7.31. The summed E-state index contributed by atoms with van der Waals surface area (Å²) in [6.07, 6.45) is 5.61. The third-order valence-electron chi connectivity index (χ3n) is 7.86. The fourth-order valence-electron chi connectivity index (χ4n) is 5.45. The first kappa shape index (κ1) is 30.9. The van der Waals surface area contributed by atoms with Crippen LogP contribution in [-0.2, 0) is 11.2 Å². The molecule has 1 saturated carbocycles. The number of amides is 3. The van der Waals surface area contributed by atoms with Crippen LogP contribution >= 0.6 is 11.5 Å². The molecule has 4 N–H and O–H groups in total. The van der Waals surface area contributed by atoms with Crippen LogP contribution in [0.5, 0.6) is 0 Å². The summed E-state index contributed by atoms with van der Waals surface area (Å²) >= 11 is 0.824. The number of aryl methyl sites for hydroxylation is 1. The van der Waals surface area contributed by atoms with Gasteiger partial charge in [0.1, 0.15) is 16.7 Å². The zero-order valence-electron chi connectivity index (χ0n) is 24.6. The number of hydrogen-bond acceptors (Lipinski definition) is 6. The van der Waals surface area contributed by atoms with E-state index in [9.17, 15) is 18.8 Å². The number of aromatic nitrogens is 1. The molecule has 228 valence electrons. The Balaban J connectivity index is 1.48. The number of anilines is 2. The Kier molecular flexibility index (Phi) is 10.0. The molecule has 1 fully saturated rings. The second kappa shape index (κ2) is 14.3. The van der Waals surface area contributed by atoms with Crippen LogP contribution in [0.25, 0.3) is 0 Å². The Labute approximate surface area is 260 Å². The average Bonchev–Trinajstić information content (AvgIpc) is 3.43. The largest absolute Gasteiger partial charge is 0.395 e. The lowest BCUT2D eigenvalue weighted by atomic mass is 9.95. The maximum Gasteiger partial charge on any atom is 0.273 e. The molecule has 8 nitrogen and oxygen atoms in total. The van der Waals surface area contributed by atoms with Crippen molar-refractivity contribution in [1.29, 1.82) is 0 Å². The van der Waals surface area contributed by atoms with E-state index in [0.717, 1.165) is 54.8 Å². The highest BCUT2D eigenvalue weighted by Crippen LogP contribution is 2.33. The normalized spacial score (nSPS) is 14.0. The second-order valence-electron chi connectivity index (χ2n) is 11.1. The quantitative estimate of drug-likeness (QED) is 0.203. The standard InChI is InChI=1S/C34H36FN5O3S/c1-22-12-18-27(19-13-22)40(34(43)31-28(36)29(39-44-31)32(41)38-26-10-6-3-7-11-26)30(24-14-16-25(35)17-15-24)33(42)37-21-20-23-8-4-2-5-9-23/h2,4-5,8-9,12-19,26,30H,3,6-7,10-11,20-21,36H2,1H3,(H,37,42)(H,38,41). The van der Waals surface area contributed by atoms with Gasteiger partial charge >= 0.3 is 0 Å². The number of nitrogens with two attached hydrogens (primary N) is 1. The minimum Gasteiger partial charge on any atom is -0.395 e. The number of carbonyl (C=O) groups excluding carboxylic acids is 3. The lowest BCUT2D eigenvalue weighted by molar-refractivity contribution is -0.122. The first-order valence-electron chi connectivity index (χ1n) is 14.8. The van der Waals surface area contributed by atoms with E-state index in [4.69, 9.17) is 5.73 Å². The number of rotatable bonds is 10. The van der Waals surface area contributed by atoms with E-state index >= 15 is 0 Å². The van der Waals surface area contributed by atoms with Gasteiger partial charge in [0.05, 0.1) is 5.69 Å². The summed E-state index contributed by atoms with van der Waals surface area (Å²) in [4.78, 5) is 42.8. The van der Waals surface area contributed by atoms with Gasteiger partial charge in [0.15, 0.2) is 5.69 Å². The maximum absolute atomic E-state index is 14.4. The molecular formula is C34H36FN5O3S. The van der Waals surface area contributed by atoms with Gasteiger partial charge in [-0.1, -0.05) is 79.4 Å². The van der Waals surface area contributed by atoms with Crippen molar-refractivity contribution in [3.8, 4) is 0 Å². The van der Waals surface area contributed by atoms with Crippen LogP contribution in [0.3, 0.4) is 0 Å². The van der Waals surface area contributed by atoms with Crippen LogP contribution in [0.4, 0.5) is 15.8 Å². The number of carbonyl (C=O) groups is 3. The fourth-order valence-corrected chi connectivity index (χ4v) is 6.18. The third-order valence-corrected chi connectivity index (χ3v) is 8.71. The summed E-state index contributed by atoms with van der Waals surface area (Å²) in [7, 11) is 0. The summed E-state index contributed by atoms with van der Waals surface area (Å²) < 4.78 is 18.3. The summed E-state index contributed by atoms with van der Waals surface area (Å²) in [6, 6.07) is 21.3. The minimum absolute atomic E-state index is 0.00146. The lowest BCUT2D eigenvalue weighted by Crippen LogP contribution is -2.44. The lowest BCUT2D eigenvalue weighted by Gasteiger charge is -2.31. The Morgan fingerprint density at radius 1 is 0.977 bits per heavy atom. The maximum atomic E-state index is 14.4. The molecule has 5 rings (SSSR count). The summed E-state index contributed by atoms with van der Waals surface area (Å²) in [5, 5.41) is 5.97. The first-order valence-corrected chi connectivity index (χ1v) is 15.6. The van der Waals surface area contributed by atoms with Gasteiger partial charge in [-0.25, -0.2) is 4.39 Å². The van der Waals surface area contributed by atoms with Crippen molar-refractivity contribution >= 4 is 40.6 Å². The molecule has 4 aromatic rings. The minimum atomic E-state index is -1.16. The van der Waals surface area contributed by atoms with E-state index in [2.05, 4.69) is 15.0 Å². The molecule has 1 aliphatic carbocycles. The first-order chi connectivity index (χ1) is 21.3. The van der Waals surface area contributed by atoms with Gasteiger partial charge in [0.25, 0.3) is 11.8 Å². The van der Waals surface area contributed by atoms with Crippen molar-refractivity contribution < 1.29 is 18.8 Å². The summed E-state index contributed by atoms with van der Waals surface area (Å²) in [6.45, 7) is 2.24. The topological polar surface area (TPSA) is 117 Å². The Morgan fingerprint density at radius 2 is 1.66 bits per heavy atom. The smallest absolute Gasteiger partial charge is 0.273 e. The number of nitrogens with zero attached hydrogens (tertiary/aromatic N) is 2. The van der Waals surface area contributed by atoms with Crippen LogP contribution in [0.1, 0.15) is 75.0 Å². The van der Waals surface area contributed by atoms with E-state index in [1.165, 1.54) is 29.2 Å². The van der Waals surface area contributed by atoms with Crippen LogP contribution in [0.2, 0.25) is 0 Å². The SMILES string of the molecule is Cc1ccc(N(C(=O)c2snc(C(=O)NC3CCCCC3)c2N)C(C(=O)NCCc2ccccc2)c2ccc(F)cc2)cc1. The zero-order chi connectivity index (χ0) is 31.1. The van der Waals surface area contributed by atoms with Crippen LogP contribution in [0.15, 0.2) is 78.9 Å². The number of hydrogen-bond donors (Lipinski definition) is 3. The average molecular weight is 614 g/mol. The molecular weight excluding hydrogens is 577 g/mol. The zero-order valence-corrected chi connectivity index (χ0v) is 25.4.